The van der Waals surface area contributed by atoms with E-state index in [1.54, 1.807) is 0 Å². The second kappa shape index (κ2) is 7.26. The van der Waals surface area contributed by atoms with Crippen molar-refractivity contribution in [3.05, 3.63) is 54.5 Å². The van der Waals surface area contributed by atoms with Gasteiger partial charge in [0.15, 0.2) is 11.5 Å². The average Bonchev–Trinajstić information content (AvgIpc) is 3.21. The quantitative estimate of drug-likeness (QED) is 0.648. The van der Waals surface area contributed by atoms with Gasteiger partial charge in [0.25, 0.3) is 0 Å². The molecular formula is C20H23N5O2. The van der Waals surface area contributed by atoms with Crippen molar-refractivity contribution >= 4 is 0 Å². The van der Waals surface area contributed by atoms with Crippen LogP contribution in [0.25, 0.3) is 11.3 Å². The molecule has 140 valence electrons. The lowest BCUT2D eigenvalue weighted by molar-refractivity contribution is 0.297. The molecule has 0 fully saturated rings. The lowest BCUT2D eigenvalue weighted by Crippen LogP contribution is -2.08. The Balaban J connectivity index is 1.59. The van der Waals surface area contributed by atoms with E-state index in [4.69, 9.17) is 9.47 Å². The van der Waals surface area contributed by atoms with Crippen molar-refractivity contribution < 1.29 is 9.47 Å². The average molecular weight is 365 g/mol. The van der Waals surface area contributed by atoms with Gasteiger partial charge in [-0.2, -0.15) is 5.10 Å². The van der Waals surface area contributed by atoms with Crippen molar-refractivity contribution in [1.29, 1.82) is 0 Å². The van der Waals surface area contributed by atoms with E-state index in [2.05, 4.69) is 28.9 Å². The predicted molar refractivity (Wildman–Crippen MR) is 102 cm³/mol. The summed E-state index contributed by atoms with van der Waals surface area (Å²) in [5.41, 5.74) is 3.81. The molecule has 0 N–H and O–H groups in total. The molecule has 3 aromatic rings. The van der Waals surface area contributed by atoms with Gasteiger partial charge >= 0.3 is 0 Å². The lowest BCUT2D eigenvalue weighted by atomic mass is 10.1. The minimum Gasteiger partial charge on any atom is -0.490 e. The highest BCUT2D eigenvalue weighted by Crippen LogP contribution is 2.33. The van der Waals surface area contributed by atoms with Crippen LogP contribution in [0.15, 0.2) is 43.2 Å². The standard InChI is InChI=1S/C20H23N5O2/c1-4-8-24-12-17(14(2)22-24)18-13-25(23-21-18)15(3)16-6-7-19-20(11-16)27-10-5-9-26-19/h4,6-7,11-13,15H,1,5,8-10H2,2-3H3/t15-/m1/s1. The van der Waals surface area contributed by atoms with Crippen LogP contribution in [0.4, 0.5) is 0 Å². The van der Waals surface area contributed by atoms with E-state index >= 15 is 0 Å². The fraction of sp³-hybridized carbons (Fsp3) is 0.350. The molecule has 0 bridgehead atoms. The number of ether oxygens (including phenoxy) is 2. The number of aromatic nitrogens is 5. The first-order chi connectivity index (χ1) is 13.2. The fourth-order valence-corrected chi connectivity index (χ4v) is 3.18. The van der Waals surface area contributed by atoms with Crippen LogP contribution in [0.3, 0.4) is 0 Å². The minimum atomic E-state index is 0.0203. The Kier molecular flexibility index (Phi) is 4.66. The highest BCUT2D eigenvalue weighted by atomic mass is 16.5. The Bertz CT molecular complexity index is 959. The Hall–Kier alpha value is -3.09. The Morgan fingerprint density at radius 1 is 1.22 bits per heavy atom. The molecule has 7 heteroatoms. The predicted octanol–water partition coefficient (Wildman–Crippen LogP) is 3.41. The zero-order valence-electron chi connectivity index (χ0n) is 15.6. The Morgan fingerprint density at radius 3 is 2.85 bits per heavy atom. The van der Waals surface area contributed by atoms with E-state index < -0.39 is 0 Å². The largest absolute Gasteiger partial charge is 0.490 e. The van der Waals surface area contributed by atoms with Gasteiger partial charge in [-0.25, -0.2) is 4.68 Å². The number of aryl methyl sites for hydroxylation is 1. The SMILES string of the molecule is C=CCn1cc(-c2cn([C@H](C)c3ccc4c(c3)OCCCO4)nn2)c(C)n1. The molecule has 3 heterocycles. The molecule has 0 amide bonds. The number of benzene rings is 1. The number of hydrogen-bond acceptors (Lipinski definition) is 5. The van der Waals surface area contributed by atoms with Gasteiger partial charge < -0.3 is 9.47 Å². The molecule has 7 nitrogen and oxygen atoms in total. The molecule has 27 heavy (non-hydrogen) atoms. The first-order valence-electron chi connectivity index (χ1n) is 9.12. The molecule has 2 aromatic heterocycles. The van der Waals surface area contributed by atoms with E-state index in [1.165, 1.54) is 0 Å². The second-order valence-electron chi connectivity index (χ2n) is 6.66. The van der Waals surface area contributed by atoms with Crippen LogP contribution < -0.4 is 9.47 Å². The zero-order valence-corrected chi connectivity index (χ0v) is 15.6. The minimum absolute atomic E-state index is 0.0203. The monoisotopic (exact) mass is 365 g/mol. The summed E-state index contributed by atoms with van der Waals surface area (Å²) in [6, 6.07) is 6.06. The van der Waals surface area contributed by atoms with Gasteiger partial charge in [0.05, 0.1) is 37.7 Å². The molecule has 0 saturated heterocycles. The first kappa shape index (κ1) is 17.3. The summed E-state index contributed by atoms with van der Waals surface area (Å²) in [5, 5.41) is 13.2. The number of rotatable bonds is 5. The second-order valence-corrected chi connectivity index (χ2v) is 6.66. The molecule has 0 spiro atoms. The summed E-state index contributed by atoms with van der Waals surface area (Å²) in [4.78, 5) is 0. The van der Waals surface area contributed by atoms with E-state index in [9.17, 15) is 0 Å². The summed E-state index contributed by atoms with van der Waals surface area (Å²) in [6.07, 6.45) is 6.64. The third-order valence-corrected chi connectivity index (χ3v) is 4.70. The van der Waals surface area contributed by atoms with Crippen LogP contribution in [0.2, 0.25) is 0 Å². The highest BCUT2D eigenvalue weighted by Gasteiger charge is 2.17. The van der Waals surface area contributed by atoms with Crippen LogP contribution in [-0.2, 0) is 6.54 Å². The molecule has 0 unspecified atom stereocenters. The molecule has 4 rings (SSSR count). The topological polar surface area (TPSA) is 67.0 Å². The number of hydrogen-bond donors (Lipinski definition) is 0. The van der Waals surface area contributed by atoms with Gasteiger partial charge in [-0.15, -0.1) is 11.7 Å². The third-order valence-electron chi connectivity index (χ3n) is 4.70. The van der Waals surface area contributed by atoms with E-state index in [1.807, 2.05) is 53.0 Å². The van der Waals surface area contributed by atoms with Crippen molar-refractivity contribution in [2.24, 2.45) is 0 Å². The van der Waals surface area contributed by atoms with E-state index in [0.717, 1.165) is 40.4 Å². The molecule has 1 aromatic carbocycles. The number of nitrogens with zero attached hydrogens (tertiary/aromatic N) is 5. The summed E-state index contributed by atoms with van der Waals surface area (Å²) in [7, 11) is 0. The number of fused-ring (bicyclic) bond motifs is 1. The normalized spacial score (nSPS) is 14.6. The Labute approximate surface area is 158 Å². The lowest BCUT2D eigenvalue weighted by Gasteiger charge is -2.14. The molecule has 0 aliphatic carbocycles. The van der Waals surface area contributed by atoms with Crippen LogP contribution in [-0.4, -0.2) is 38.0 Å². The molecule has 0 radical (unpaired) electrons. The van der Waals surface area contributed by atoms with Gasteiger partial charge in [0, 0.05) is 18.2 Å². The summed E-state index contributed by atoms with van der Waals surface area (Å²) in [6.45, 7) is 9.85. The Morgan fingerprint density at radius 2 is 2.04 bits per heavy atom. The van der Waals surface area contributed by atoms with Crippen molar-refractivity contribution in [2.75, 3.05) is 13.2 Å². The fourth-order valence-electron chi connectivity index (χ4n) is 3.18. The van der Waals surface area contributed by atoms with Gasteiger partial charge in [-0.05, 0) is 31.5 Å². The van der Waals surface area contributed by atoms with Gasteiger partial charge in [0.2, 0.25) is 0 Å². The van der Waals surface area contributed by atoms with E-state index in [-0.39, 0.29) is 6.04 Å². The highest BCUT2D eigenvalue weighted by molar-refractivity contribution is 5.59. The number of allylic oxidation sites excluding steroid dienone is 1. The van der Waals surface area contributed by atoms with Gasteiger partial charge in [-0.1, -0.05) is 17.4 Å². The molecule has 0 saturated carbocycles. The molecule has 1 atom stereocenters. The maximum Gasteiger partial charge on any atom is 0.161 e. The molecule has 1 aliphatic rings. The summed E-state index contributed by atoms with van der Waals surface area (Å²) >= 11 is 0. The zero-order chi connectivity index (χ0) is 18.8. The third kappa shape index (κ3) is 3.45. The summed E-state index contributed by atoms with van der Waals surface area (Å²) < 4.78 is 15.2. The van der Waals surface area contributed by atoms with Crippen molar-refractivity contribution in [1.82, 2.24) is 24.8 Å². The first-order valence-corrected chi connectivity index (χ1v) is 9.12. The van der Waals surface area contributed by atoms with E-state index in [0.29, 0.717) is 19.8 Å². The van der Waals surface area contributed by atoms with Crippen molar-refractivity contribution in [3.63, 3.8) is 0 Å². The van der Waals surface area contributed by atoms with Crippen LogP contribution in [0.1, 0.15) is 30.6 Å². The molecule has 1 aliphatic heterocycles. The van der Waals surface area contributed by atoms with Crippen molar-refractivity contribution in [2.45, 2.75) is 32.9 Å². The van der Waals surface area contributed by atoms with Crippen LogP contribution >= 0.6 is 0 Å². The maximum absolute atomic E-state index is 5.80. The molecular weight excluding hydrogens is 342 g/mol. The van der Waals surface area contributed by atoms with Crippen molar-refractivity contribution in [3.8, 4) is 22.8 Å². The maximum atomic E-state index is 5.80. The summed E-state index contributed by atoms with van der Waals surface area (Å²) in [5.74, 6) is 1.59. The van der Waals surface area contributed by atoms with Gasteiger partial charge in [0.1, 0.15) is 5.69 Å². The smallest absolute Gasteiger partial charge is 0.161 e. The van der Waals surface area contributed by atoms with Crippen LogP contribution in [0, 0.1) is 6.92 Å². The van der Waals surface area contributed by atoms with Gasteiger partial charge in [-0.3, -0.25) is 4.68 Å². The van der Waals surface area contributed by atoms with Crippen LogP contribution in [0.5, 0.6) is 11.5 Å².